The molecule has 2 N–H and O–H groups in total. The normalized spacial score (nSPS) is 31.2. The fourth-order valence-electron chi connectivity index (χ4n) is 3.54. The van der Waals surface area contributed by atoms with Gasteiger partial charge in [0.05, 0.1) is 32.5 Å². The number of aliphatic hydroxyl groups is 2. The number of rotatable bonds is 10. The van der Waals surface area contributed by atoms with Crippen molar-refractivity contribution in [2.75, 3.05) is 33.0 Å². The van der Waals surface area contributed by atoms with Gasteiger partial charge < -0.3 is 19.7 Å². The van der Waals surface area contributed by atoms with Crippen molar-refractivity contribution in [1.82, 2.24) is 0 Å². The van der Waals surface area contributed by atoms with Crippen molar-refractivity contribution in [1.29, 1.82) is 0 Å². The number of hydrogen-bond acceptors (Lipinski definition) is 4. The minimum Gasteiger partial charge on any atom is -0.396 e. The van der Waals surface area contributed by atoms with Gasteiger partial charge in [0, 0.05) is 12.5 Å². The van der Waals surface area contributed by atoms with Crippen molar-refractivity contribution in [3.05, 3.63) is 0 Å². The molecule has 0 heterocycles. The Hall–Kier alpha value is -0.160. The molecule has 4 heteroatoms. The van der Waals surface area contributed by atoms with Crippen LogP contribution in [-0.4, -0.2) is 49.4 Å². The second-order valence-corrected chi connectivity index (χ2v) is 8.71. The summed E-state index contributed by atoms with van der Waals surface area (Å²) in [5, 5.41) is 18.7. The van der Waals surface area contributed by atoms with Crippen LogP contribution in [0.3, 0.4) is 0 Å². The summed E-state index contributed by atoms with van der Waals surface area (Å²) >= 11 is 0. The van der Waals surface area contributed by atoms with E-state index in [1.165, 1.54) is 38.5 Å². The highest BCUT2D eigenvalue weighted by Crippen LogP contribution is 2.40. The van der Waals surface area contributed by atoms with Gasteiger partial charge in [-0.15, -0.1) is 0 Å². The van der Waals surface area contributed by atoms with Crippen LogP contribution in [0, 0.1) is 16.7 Å². The smallest absolute Gasteiger partial charge is 0.0771 e. The van der Waals surface area contributed by atoms with Gasteiger partial charge in [-0.3, -0.25) is 0 Å². The predicted molar refractivity (Wildman–Crippen MR) is 98.1 cm³/mol. The van der Waals surface area contributed by atoms with E-state index in [4.69, 9.17) is 14.6 Å². The molecule has 144 valence electrons. The molecule has 1 aliphatic rings. The lowest BCUT2D eigenvalue weighted by molar-refractivity contribution is -0.0236. The fourth-order valence-corrected chi connectivity index (χ4v) is 3.54. The van der Waals surface area contributed by atoms with E-state index >= 15 is 0 Å². The summed E-state index contributed by atoms with van der Waals surface area (Å²) in [6.07, 6.45) is 7.56. The van der Waals surface area contributed by atoms with Gasteiger partial charge in [0.25, 0.3) is 0 Å². The van der Waals surface area contributed by atoms with E-state index in [-0.39, 0.29) is 29.5 Å². The summed E-state index contributed by atoms with van der Waals surface area (Å²) in [6, 6.07) is 0. The van der Waals surface area contributed by atoms with E-state index in [0.29, 0.717) is 13.2 Å². The van der Waals surface area contributed by atoms with Crippen molar-refractivity contribution in [2.45, 2.75) is 78.7 Å². The topological polar surface area (TPSA) is 58.9 Å². The van der Waals surface area contributed by atoms with Crippen LogP contribution in [0.15, 0.2) is 0 Å². The summed E-state index contributed by atoms with van der Waals surface area (Å²) in [7, 11) is 0. The maximum absolute atomic E-state index is 9.63. The standard InChI is InChI=1S/C20H40O4/c1-5-18(22)14-24-16-20(4)10-6-8-19(3,9-7-11-20)15-23-13-17(2)12-21/h17-18,21-22H,5-16H2,1-4H3. The first-order chi connectivity index (χ1) is 11.3. The summed E-state index contributed by atoms with van der Waals surface area (Å²) in [5.41, 5.74) is 0.497. The van der Waals surface area contributed by atoms with Crippen LogP contribution in [-0.2, 0) is 9.47 Å². The zero-order valence-electron chi connectivity index (χ0n) is 16.4. The minimum atomic E-state index is -0.330. The van der Waals surface area contributed by atoms with Gasteiger partial charge in [-0.1, -0.05) is 40.5 Å². The fraction of sp³-hybridized carbons (Fsp3) is 1.00. The third-order valence-corrected chi connectivity index (χ3v) is 5.52. The SMILES string of the molecule is CCC(O)COCC1(C)CCCC(C)(COCC(C)CO)CCC1. The van der Waals surface area contributed by atoms with Crippen molar-refractivity contribution in [3.63, 3.8) is 0 Å². The van der Waals surface area contributed by atoms with Gasteiger partial charge in [0.2, 0.25) is 0 Å². The van der Waals surface area contributed by atoms with Crippen LogP contribution in [0.5, 0.6) is 0 Å². The molecule has 1 rings (SSSR count). The van der Waals surface area contributed by atoms with Crippen molar-refractivity contribution in [2.24, 2.45) is 16.7 Å². The average molecular weight is 345 g/mol. The molecule has 0 spiro atoms. The van der Waals surface area contributed by atoms with Crippen molar-refractivity contribution < 1.29 is 19.7 Å². The second kappa shape index (κ2) is 10.7. The highest BCUT2D eigenvalue weighted by Gasteiger charge is 2.32. The Morgan fingerprint density at radius 2 is 1.38 bits per heavy atom. The molecule has 4 nitrogen and oxygen atoms in total. The summed E-state index contributed by atoms with van der Waals surface area (Å²) in [4.78, 5) is 0. The predicted octanol–water partition coefficient (Wildman–Crippen LogP) is 3.79. The molecule has 0 aromatic carbocycles. The molecule has 2 atom stereocenters. The number of hydrogen-bond donors (Lipinski definition) is 2. The zero-order chi connectivity index (χ0) is 18.1. The van der Waals surface area contributed by atoms with Crippen LogP contribution in [0.4, 0.5) is 0 Å². The number of ether oxygens (including phenoxy) is 2. The maximum Gasteiger partial charge on any atom is 0.0771 e. The molecule has 0 aromatic rings. The molecule has 0 saturated heterocycles. The molecule has 0 aromatic heterocycles. The largest absolute Gasteiger partial charge is 0.396 e. The van der Waals surface area contributed by atoms with Gasteiger partial charge in [0.15, 0.2) is 0 Å². The van der Waals surface area contributed by atoms with E-state index in [2.05, 4.69) is 13.8 Å². The third-order valence-electron chi connectivity index (χ3n) is 5.52. The molecule has 0 aliphatic heterocycles. The molecule has 0 radical (unpaired) electrons. The lowest BCUT2D eigenvalue weighted by Crippen LogP contribution is -2.32. The minimum absolute atomic E-state index is 0.196. The highest BCUT2D eigenvalue weighted by atomic mass is 16.5. The zero-order valence-corrected chi connectivity index (χ0v) is 16.4. The molecule has 1 fully saturated rings. The Morgan fingerprint density at radius 1 is 0.917 bits per heavy atom. The van der Waals surface area contributed by atoms with Crippen LogP contribution >= 0.6 is 0 Å². The van der Waals surface area contributed by atoms with Crippen LogP contribution in [0.1, 0.15) is 72.6 Å². The Kier molecular flexibility index (Phi) is 9.80. The monoisotopic (exact) mass is 344 g/mol. The Bertz CT molecular complexity index is 292. The number of aliphatic hydroxyl groups excluding tert-OH is 2. The summed E-state index contributed by atoms with van der Waals surface area (Å²) in [5.74, 6) is 0.223. The first-order valence-corrected chi connectivity index (χ1v) is 9.77. The summed E-state index contributed by atoms with van der Waals surface area (Å²) in [6.45, 7) is 11.5. The van der Waals surface area contributed by atoms with E-state index in [9.17, 15) is 5.11 Å². The highest BCUT2D eigenvalue weighted by molar-refractivity contribution is 4.83. The lowest BCUT2D eigenvalue weighted by Gasteiger charge is -2.38. The van der Waals surface area contributed by atoms with E-state index in [0.717, 1.165) is 19.6 Å². The Labute approximate surface area is 148 Å². The van der Waals surface area contributed by atoms with Crippen molar-refractivity contribution >= 4 is 0 Å². The molecule has 24 heavy (non-hydrogen) atoms. The Morgan fingerprint density at radius 3 is 1.79 bits per heavy atom. The molecule has 1 aliphatic carbocycles. The maximum atomic E-state index is 9.63. The third kappa shape index (κ3) is 8.28. The Balaban J connectivity index is 2.35. The van der Waals surface area contributed by atoms with Crippen LogP contribution in [0.25, 0.3) is 0 Å². The van der Waals surface area contributed by atoms with E-state index in [1.54, 1.807) is 0 Å². The molecular weight excluding hydrogens is 304 g/mol. The van der Waals surface area contributed by atoms with Gasteiger partial charge >= 0.3 is 0 Å². The molecule has 1 saturated carbocycles. The van der Waals surface area contributed by atoms with Gasteiger partial charge in [-0.25, -0.2) is 0 Å². The lowest BCUT2D eigenvalue weighted by atomic mass is 9.71. The van der Waals surface area contributed by atoms with Crippen LogP contribution < -0.4 is 0 Å². The molecule has 0 amide bonds. The first kappa shape index (κ1) is 21.9. The quantitative estimate of drug-likeness (QED) is 0.633. The van der Waals surface area contributed by atoms with Crippen molar-refractivity contribution in [3.8, 4) is 0 Å². The second-order valence-electron chi connectivity index (χ2n) is 8.71. The van der Waals surface area contributed by atoms with Crippen LogP contribution in [0.2, 0.25) is 0 Å². The van der Waals surface area contributed by atoms with E-state index in [1.807, 2.05) is 13.8 Å². The first-order valence-electron chi connectivity index (χ1n) is 9.77. The van der Waals surface area contributed by atoms with Gasteiger partial charge in [0.1, 0.15) is 0 Å². The van der Waals surface area contributed by atoms with Gasteiger partial charge in [-0.05, 0) is 42.9 Å². The summed E-state index contributed by atoms with van der Waals surface area (Å²) < 4.78 is 11.7. The molecular formula is C20H40O4. The van der Waals surface area contributed by atoms with Gasteiger partial charge in [-0.2, -0.15) is 0 Å². The molecule has 2 unspecified atom stereocenters. The molecule has 0 bridgehead atoms. The average Bonchev–Trinajstić information content (AvgIpc) is 2.53. The van der Waals surface area contributed by atoms with E-state index < -0.39 is 0 Å².